The third-order valence-corrected chi connectivity index (χ3v) is 7.43. The molecule has 1 unspecified atom stereocenters. The Labute approximate surface area is 240 Å². The van der Waals surface area contributed by atoms with Gasteiger partial charge < -0.3 is 23.7 Å². The third-order valence-electron chi connectivity index (χ3n) is 7.43. The van der Waals surface area contributed by atoms with E-state index in [2.05, 4.69) is 11.5 Å². The minimum atomic E-state index is -0.516. The Morgan fingerprint density at radius 2 is 1.59 bits per heavy atom. The molecular formula is C33H35N3O5. The number of fused-ring (bicyclic) bond motifs is 3. The maximum atomic E-state index is 14.5. The molecule has 0 spiro atoms. The quantitative estimate of drug-likeness (QED) is 0.245. The standard InChI is InChI=1S/C33H35N3O5/c1-5-6-18-34(33(38)23-11-9-12-24(20-23)39-2)22-31(37)36-28-14-8-7-13-27(28)35-19-10-15-29(35)32(36)26-21-25(40-3)16-17-30(26)41-4/h7-17,19-21,32H,5-6,18,22H2,1-4H3. The molecule has 5 rings (SSSR count). The molecule has 0 fully saturated rings. The van der Waals surface area contributed by atoms with E-state index in [-0.39, 0.29) is 18.4 Å². The molecule has 2 heterocycles. The van der Waals surface area contributed by atoms with Crippen molar-refractivity contribution >= 4 is 17.5 Å². The summed E-state index contributed by atoms with van der Waals surface area (Å²) < 4.78 is 18.8. The molecule has 0 saturated carbocycles. The maximum absolute atomic E-state index is 14.5. The van der Waals surface area contributed by atoms with Crippen LogP contribution < -0.4 is 19.1 Å². The van der Waals surface area contributed by atoms with Crippen LogP contribution in [0.2, 0.25) is 0 Å². The summed E-state index contributed by atoms with van der Waals surface area (Å²) in [5.74, 6) is 1.47. The average Bonchev–Trinajstić information content (AvgIpc) is 3.51. The van der Waals surface area contributed by atoms with Gasteiger partial charge in [-0.2, -0.15) is 0 Å². The van der Waals surface area contributed by atoms with Gasteiger partial charge in [0.1, 0.15) is 29.8 Å². The van der Waals surface area contributed by atoms with E-state index >= 15 is 0 Å². The van der Waals surface area contributed by atoms with Crippen molar-refractivity contribution in [3.05, 3.63) is 102 Å². The number of rotatable bonds is 10. The van der Waals surface area contributed by atoms with Gasteiger partial charge in [0.05, 0.1) is 38.4 Å². The van der Waals surface area contributed by atoms with Crippen molar-refractivity contribution in [1.82, 2.24) is 9.47 Å². The fourth-order valence-electron chi connectivity index (χ4n) is 5.39. The molecular weight excluding hydrogens is 518 g/mol. The lowest BCUT2D eigenvalue weighted by molar-refractivity contribution is -0.119. The van der Waals surface area contributed by atoms with Crippen LogP contribution in [0.4, 0.5) is 5.69 Å². The van der Waals surface area contributed by atoms with Crippen molar-refractivity contribution in [3.63, 3.8) is 0 Å². The number of carbonyl (C=O) groups excluding carboxylic acids is 2. The minimum absolute atomic E-state index is 0.0894. The van der Waals surface area contributed by atoms with Crippen LogP contribution in [-0.2, 0) is 4.79 Å². The summed E-state index contributed by atoms with van der Waals surface area (Å²) in [4.78, 5) is 31.7. The molecule has 212 valence electrons. The normalized spacial score (nSPS) is 13.7. The van der Waals surface area contributed by atoms with Crippen molar-refractivity contribution < 1.29 is 23.8 Å². The van der Waals surface area contributed by atoms with E-state index in [0.29, 0.717) is 29.4 Å². The SMILES string of the molecule is CCCCN(CC(=O)N1c2ccccc2-n2cccc2C1c1cc(OC)ccc1OC)C(=O)c1cccc(OC)c1. The Morgan fingerprint density at radius 1 is 0.829 bits per heavy atom. The number of ether oxygens (including phenoxy) is 3. The molecule has 41 heavy (non-hydrogen) atoms. The fraction of sp³-hybridized carbons (Fsp3) is 0.273. The summed E-state index contributed by atoms with van der Waals surface area (Å²) in [6.45, 7) is 2.43. The number of anilines is 1. The Morgan fingerprint density at radius 3 is 2.32 bits per heavy atom. The van der Waals surface area contributed by atoms with Crippen LogP contribution in [0.1, 0.15) is 47.4 Å². The Hall–Kier alpha value is -4.72. The molecule has 1 atom stereocenters. The highest BCUT2D eigenvalue weighted by atomic mass is 16.5. The summed E-state index contributed by atoms with van der Waals surface area (Å²) in [5, 5.41) is 0. The van der Waals surface area contributed by atoms with Gasteiger partial charge in [0.15, 0.2) is 0 Å². The van der Waals surface area contributed by atoms with Gasteiger partial charge in [-0.1, -0.05) is 31.5 Å². The van der Waals surface area contributed by atoms with Gasteiger partial charge in [0, 0.05) is 23.9 Å². The van der Waals surface area contributed by atoms with Crippen molar-refractivity contribution in [3.8, 4) is 22.9 Å². The molecule has 8 nitrogen and oxygen atoms in total. The summed E-state index contributed by atoms with van der Waals surface area (Å²) in [6, 6.07) is 23.9. The molecule has 3 aromatic carbocycles. The number of benzene rings is 3. The number of aromatic nitrogens is 1. The Balaban J connectivity index is 1.60. The first kappa shape index (κ1) is 27.8. The summed E-state index contributed by atoms with van der Waals surface area (Å²) in [6.07, 6.45) is 3.66. The second-order valence-electron chi connectivity index (χ2n) is 9.88. The molecule has 0 radical (unpaired) electrons. The van der Waals surface area contributed by atoms with Gasteiger partial charge >= 0.3 is 0 Å². The zero-order valence-electron chi connectivity index (χ0n) is 23.9. The summed E-state index contributed by atoms with van der Waals surface area (Å²) >= 11 is 0. The average molecular weight is 554 g/mol. The number of methoxy groups -OCH3 is 3. The van der Waals surface area contributed by atoms with Crippen LogP contribution in [0.15, 0.2) is 85.1 Å². The molecule has 4 aromatic rings. The molecule has 1 aromatic heterocycles. The summed E-state index contributed by atoms with van der Waals surface area (Å²) in [7, 11) is 4.80. The Kier molecular flexibility index (Phi) is 8.29. The monoisotopic (exact) mass is 553 g/mol. The van der Waals surface area contributed by atoms with Crippen LogP contribution >= 0.6 is 0 Å². The number of hydrogen-bond acceptors (Lipinski definition) is 5. The van der Waals surface area contributed by atoms with Crippen LogP contribution in [0, 0.1) is 0 Å². The van der Waals surface area contributed by atoms with E-state index in [9.17, 15) is 9.59 Å². The molecule has 0 bridgehead atoms. The number of unbranched alkanes of at least 4 members (excludes halogenated alkanes) is 1. The molecule has 0 saturated heterocycles. The second-order valence-corrected chi connectivity index (χ2v) is 9.88. The highest BCUT2D eigenvalue weighted by Gasteiger charge is 2.38. The van der Waals surface area contributed by atoms with Gasteiger partial charge in [-0.3, -0.25) is 14.5 Å². The first-order valence-corrected chi connectivity index (χ1v) is 13.7. The number of para-hydroxylation sites is 2. The molecule has 0 N–H and O–H groups in total. The van der Waals surface area contributed by atoms with Crippen molar-refractivity contribution in [1.29, 1.82) is 0 Å². The van der Waals surface area contributed by atoms with Gasteiger partial charge in [-0.25, -0.2) is 0 Å². The molecule has 2 amide bonds. The van der Waals surface area contributed by atoms with Crippen LogP contribution in [0.25, 0.3) is 5.69 Å². The number of amides is 2. The van der Waals surface area contributed by atoms with Crippen LogP contribution in [-0.4, -0.2) is 55.7 Å². The first-order valence-electron chi connectivity index (χ1n) is 13.7. The number of hydrogen-bond donors (Lipinski definition) is 0. The predicted molar refractivity (Wildman–Crippen MR) is 158 cm³/mol. The maximum Gasteiger partial charge on any atom is 0.254 e. The predicted octanol–water partition coefficient (Wildman–Crippen LogP) is 5.88. The molecule has 8 heteroatoms. The topological polar surface area (TPSA) is 73.2 Å². The fourth-order valence-corrected chi connectivity index (χ4v) is 5.39. The van der Waals surface area contributed by atoms with Gasteiger partial charge in [0.2, 0.25) is 5.91 Å². The lowest BCUT2D eigenvalue weighted by atomic mass is 9.96. The molecule has 1 aliphatic heterocycles. The first-order chi connectivity index (χ1) is 20.0. The smallest absolute Gasteiger partial charge is 0.254 e. The van der Waals surface area contributed by atoms with Crippen LogP contribution in [0.5, 0.6) is 17.2 Å². The van der Waals surface area contributed by atoms with E-state index in [1.54, 1.807) is 55.4 Å². The molecule has 0 aliphatic carbocycles. The van der Waals surface area contributed by atoms with E-state index in [1.165, 1.54) is 0 Å². The lowest BCUT2D eigenvalue weighted by Crippen LogP contribution is -2.47. The van der Waals surface area contributed by atoms with Gasteiger partial charge in [-0.15, -0.1) is 0 Å². The highest BCUT2D eigenvalue weighted by Crippen LogP contribution is 2.45. The van der Waals surface area contributed by atoms with Crippen molar-refractivity contribution in [2.24, 2.45) is 0 Å². The van der Waals surface area contributed by atoms with Crippen molar-refractivity contribution in [2.75, 3.05) is 39.3 Å². The van der Waals surface area contributed by atoms with Gasteiger partial charge in [0.25, 0.3) is 5.91 Å². The molecule has 1 aliphatic rings. The Bertz CT molecular complexity index is 1550. The zero-order valence-corrected chi connectivity index (χ0v) is 23.9. The number of carbonyl (C=O) groups is 2. The van der Waals surface area contributed by atoms with E-state index in [1.807, 2.05) is 60.8 Å². The van der Waals surface area contributed by atoms with E-state index in [0.717, 1.165) is 35.5 Å². The highest BCUT2D eigenvalue weighted by molar-refractivity contribution is 6.03. The largest absolute Gasteiger partial charge is 0.497 e. The summed E-state index contributed by atoms with van der Waals surface area (Å²) in [5.41, 5.74) is 3.81. The minimum Gasteiger partial charge on any atom is -0.497 e. The zero-order chi connectivity index (χ0) is 28.9. The third kappa shape index (κ3) is 5.37. The van der Waals surface area contributed by atoms with Crippen molar-refractivity contribution in [2.45, 2.75) is 25.8 Å². The number of nitrogens with zero attached hydrogens (tertiary/aromatic N) is 3. The van der Waals surface area contributed by atoms with Crippen LogP contribution in [0.3, 0.4) is 0 Å². The van der Waals surface area contributed by atoms with E-state index < -0.39 is 6.04 Å². The van der Waals surface area contributed by atoms with E-state index in [4.69, 9.17) is 14.2 Å². The lowest BCUT2D eigenvalue weighted by Gasteiger charge is -2.40. The second kappa shape index (κ2) is 12.2. The van der Waals surface area contributed by atoms with Gasteiger partial charge in [-0.05, 0) is 67.1 Å².